The summed E-state index contributed by atoms with van der Waals surface area (Å²) in [6, 6.07) is 6.14. The molecule has 0 aliphatic heterocycles. The first-order valence-electron chi connectivity index (χ1n) is 5.65. The second-order valence-electron chi connectivity index (χ2n) is 3.96. The first kappa shape index (κ1) is 14.2. The van der Waals surface area contributed by atoms with Crippen LogP contribution in [0.3, 0.4) is 0 Å². The number of ether oxygens (including phenoxy) is 1. The molecule has 0 aromatic heterocycles. The van der Waals surface area contributed by atoms with Crippen molar-refractivity contribution in [1.29, 1.82) is 0 Å². The Morgan fingerprint density at radius 2 is 1.83 bits per heavy atom. The highest BCUT2D eigenvalue weighted by Gasteiger charge is 2.25. The quantitative estimate of drug-likeness (QED) is 0.616. The number of benzene rings is 1. The zero-order valence-corrected chi connectivity index (χ0v) is 10.3. The summed E-state index contributed by atoms with van der Waals surface area (Å²) in [7, 11) is 0. The van der Waals surface area contributed by atoms with E-state index in [0.29, 0.717) is 17.7 Å². The van der Waals surface area contributed by atoms with Gasteiger partial charge in [0, 0.05) is 6.92 Å². The molecule has 0 bridgehead atoms. The highest BCUT2D eigenvalue weighted by Crippen LogP contribution is 2.26. The molecule has 5 nitrogen and oxygen atoms in total. The average Bonchev–Trinajstić information content (AvgIpc) is 2.29. The van der Waals surface area contributed by atoms with E-state index in [1.807, 2.05) is 0 Å². The summed E-state index contributed by atoms with van der Waals surface area (Å²) in [5, 5.41) is 18.9. The molecule has 0 radical (unpaired) electrons. The second-order valence-corrected chi connectivity index (χ2v) is 3.96. The minimum atomic E-state index is -1.07. The molecule has 1 aromatic rings. The Morgan fingerprint density at radius 1 is 1.28 bits per heavy atom. The number of carboxylic acid groups (broad SMARTS) is 1. The number of carboxylic acids is 1. The number of hydrogen-bond donors (Lipinski definition) is 2. The standard InChI is InChI=1S/C13H16O5/c1-3-11(13(16)17)12(15)9-4-6-10(7-5-9)18-8(2)14/h4-7,11-12,15H,3H2,1-2H3,(H,16,17). The maximum Gasteiger partial charge on any atom is 0.309 e. The fourth-order valence-corrected chi connectivity index (χ4v) is 1.66. The summed E-state index contributed by atoms with van der Waals surface area (Å²) in [4.78, 5) is 21.7. The van der Waals surface area contributed by atoms with Gasteiger partial charge in [0.1, 0.15) is 5.75 Å². The minimum absolute atomic E-state index is 0.336. The first-order chi connectivity index (χ1) is 8.45. The van der Waals surface area contributed by atoms with E-state index in [9.17, 15) is 14.7 Å². The van der Waals surface area contributed by atoms with Crippen LogP contribution in [0.25, 0.3) is 0 Å². The van der Waals surface area contributed by atoms with Crippen molar-refractivity contribution in [2.45, 2.75) is 26.4 Å². The molecule has 2 N–H and O–H groups in total. The summed E-state index contributed by atoms with van der Waals surface area (Å²) in [6.45, 7) is 3.00. The maximum atomic E-state index is 10.9. The summed E-state index contributed by atoms with van der Waals surface area (Å²) in [5.74, 6) is -1.94. The van der Waals surface area contributed by atoms with Gasteiger partial charge < -0.3 is 14.9 Å². The van der Waals surface area contributed by atoms with Crippen molar-refractivity contribution in [3.05, 3.63) is 29.8 Å². The molecule has 2 atom stereocenters. The molecule has 1 rings (SSSR count). The Morgan fingerprint density at radius 3 is 2.22 bits per heavy atom. The van der Waals surface area contributed by atoms with E-state index < -0.39 is 24.0 Å². The molecule has 18 heavy (non-hydrogen) atoms. The van der Waals surface area contributed by atoms with Crippen LogP contribution in [0.2, 0.25) is 0 Å². The normalized spacial score (nSPS) is 13.7. The lowest BCUT2D eigenvalue weighted by Crippen LogP contribution is -2.21. The van der Waals surface area contributed by atoms with Gasteiger partial charge in [0.15, 0.2) is 0 Å². The van der Waals surface area contributed by atoms with E-state index >= 15 is 0 Å². The summed E-state index contributed by atoms with van der Waals surface area (Å²) >= 11 is 0. The minimum Gasteiger partial charge on any atom is -0.481 e. The van der Waals surface area contributed by atoms with E-state index in [0.717, 1.165) is 0 Å². The van der Waals surface area contributed by atoms with Crippen LogP contribution < -0.4 is 4.74 Å². The van der Waals surface area contributed by atoms with Crippen molar-refractivity contribution < 1.29 is 24.5 Å². The number of aliphatic carboxylic acids is 1. The van der Waals surface area contributed by atoms with Crippen LogP contribution in [0.1, 0.15) is 31.9 Å². The molecular formula is C13H16O5. The van der Waals surface area contributed by atoms with E-state index in [4.69, 9.17) is 9.84 Å². The molecule has 0 amide bonds. The maximum absolute atomic E-state index is 10.9. The van der Waals surface area contributed by atoms with Crippen LogP contribution in [0.15, 0.2) is 24.3 Å². The Bertz CT molecular complexity index is 424. The van der Waals surface area contributed by atoms with E-state index in [1.54, 1.807) is 19.1 Å². The molecule has 0 fully saturated rings. The molecular weight excluding hydrogens is 236 g/mol. The molecule has 0 aliphatic carbocycles. The van der Waals surface area contributed by atoms with Crippen LogP contribution in [0.4, 0.5) is 0 Å². The highest BCUT2D eigenvalue weighted by atomic mass is 16.5. The Kier molecular flexibility index (Phi) is 4.85. The van der Waals surface area contributed by atoms with Crippen molar-refractivity contribution in [3.63, 3.8) is 0 Å². The first-order valence-corrected chi connectivity index (χ1v) is 5.65. The molecule has 2 unspecified atom stereocenters. The zero-order chi connectivity index (χ0) is 13.7. The van der Waals surface area contributed by atoms with Gasteiger partial charge in [0.25, 0.3) is 0 Å². The smallest absolute Gasteiger partial charge is 0.309 e. The lowest BCUT2D eigenvalue weighted by Gasteiger charge is -2.18. The van der Waals surface area contributed by atoms with Crippen LogP contribution in [0, 0.1) is 5.92 Å². The number of carbonyl (C=O) groups is 2. The van der Waals surface area contributed by atoms with Gasteiger partial charge in [-0.05, 0) is 24.1 Å². The molecule has 0 heterocycles. The van der Waals surface area contributed by atoms with Crippen molar-refractivity contribution in [2.24, 2.45) is 5.92 Å². The molecule has 98 valence electrons. The predicted molar refractivity (Wildman–Crippen MR) is 64.1 cm³/mol. The van der Waals surface area contributed by atoms with Gasteiger partial charge in [-0.25, -0.2) is 0 Å². The average molecular weight is 252 g/mol. The summed E-state index contributed by atoms with van der Waals surface area (Å²) in [6.07, 6.45) is -0.735. The lowest BCUT2D eigenvalue weighted by molar-refractivity contribution is -0.146. The summed E-state index contributed by atoms with van der Waals surface area (Å²) < 4.78 is 4.85. The van der Waals surface area contributed by atoms with E-state index in [2.05, 4.69) is 0 Å². The van der Waals surface area contributed by atoms with Crippen LogP contribution in [-0.4, -0.2) is 22.2 Å². The van der Waals surface area contributed by atoms with Crippen LogP contribution in [-0.2, 0) is 9.59 Å². The van der Waals surface area contributed by atoms with Gasteiger partial charge in [0.05, 0.1) is 12.0 Å². The van der Waals surface area contributed by atoms with Gasteiger partial charge in [-0.15, -0.1) is 0 Å². The van der Waals surface area contributed by atoms with Crippen LogP contribution >= 0.6 is 0 Å². The van der Waals surface area contributed by atoms with E-state index in [-0.39, 0.29) is 0 Å². The van der Waals surface area contributed by atoms with Gasteiger partial charge in [0.2, 0.25) is 0 Å². The Labute approximate surface area is 105 Å². The fourth-order valence-electron chi connectivity index (χ4n) is 1.66. The third-order valence-electron chi connectivity index (χ3n) is 2.62. The van der Waals surface area contributed by atoms with Gasteiger partial charge in [-0.3, -0.25) is 9.59 Å². The van der Waals surface area contributed by atoms with Crippen LogP contribution in [0.5, 0.6) is 5.75 Å². The van der Waals surface area contributed by atoms with Gasteiger partial charge in [-0.2, -0.15) is 0 Å². The monoisotopic (exact) mass is 252 g/mol. The number of aliphatic hydroxyl groups excluding tert-OH is 1. The largest absolute Gasteiger partial charge is 0.481 e. The number of carbonyl (C=O) groups excluding carboxylic acids is 1. The Hall–Kier alpha value is -1.88. The molecule has 0 aliphatic rings. The van der Waals surface area contributed by atoms with Crippen molar-refractivity contribution in [3.8, 4) is 5.75 Å². The molecule has 0 spiro atoms. The number of esters is 1. The zero-order valence-electron chi connectivity index (χ0n) is 10.3. The number of hydrogen-bond acceptors (Lipinski definition) is 4. The number of aliphatic hydroxyl groups is 1. The topological polar surface area (TPSA) is 83.8 Å². The second kappa shape index (κ2) is 6.16. The lowest BCUT2D eigenvalue weighted by atomic mass is 9.93. The van der Waals surface area contributed by atoms with E-state index in [1.165, 1.54) is 19.1 Å². The molecule has 0 saturated carbocycles. The third-order valence-corrected chi connectivity index (χ3v) is 2.62. The highest BCUT2D eigenvalue weighted by molar-refractivity contribution is 5.71. The van der Waals surface area contributed by atoms with Crippen molar-refractivity contribution in [2.75, 3.05) is 0 Å². The van der Waals surface area contributed by atoms with Crippen molar-refractivity contribution in [1.82, 2.24) is 0 Å². The van der Waals surface area contributed by atoms with Gasteiger partial charge >= 0.3 is 11.9 Å². The van der Waals surface area contributed by atoms with Crippen molar-refractivity contribution >= 4 is 11.9 Å². The fraction of sp³-hybridized carbons (Fsp3) is 0.385. The Balaban J connectivity index is 2.84. The SMILES string of the molecule is CCC(C(=O)O)C(O)c1ccc(OC(C)=O)cc1. The summed E-state index contributed by atoms with van der Waals surface area (Å²) in [5.41, 5.74) is 0.486. The molecule has 1 aromatic carbocycles. The molecule has 5 heteroatoms. The predicted octanol–water partition coefficient (Wildman–Crippen LogP) is 1.76. The third kappa shape index (κ3) is 3.56. The number of rotatable bonds is 5. The van der Waals surface area contributed by atoms with Gasteiger partial charge in [-0.1, -0.05) is 19.1 Å². The molecule has 0 saturated heterocycles.